The normalized spacial score (nSPS) is 12.4. The molecule has 0 aliphatic carbocycles. The molecule has 0 radical (unpaired) electrons. The summed E-state index contributed by atoms with van der Waals surface area (Å²) in [6, 6.07) is 0. The molecule has 0 bridgehead atoms. The Hall–Kier alpha value is -1.32. The predicted octanol–water partition coefficient (Wildman–Crippen LogP) is 1.58. The maximum Gasteiger partial charge on any atom is 0.310 e. The molecule has 1 aromatic rings. The first kappa shape index (κ1) is 10.8. The van der Waals surface area contributed by atoms with Gasteiger partial charge in [0.15, 0.2) is 0 Å². The highest BCUT2D eigenvalue weighted by molar-refractivity contribution is 5.01. The number of nitrogens with one attached hydrogen (secondary N) is 1. The number of ether oxygens (including phenoxy) is 1. The van der Waals surface area contributed by atoms with E-state index in [1.807, 2.05) is 0 Å². The Balaban J connectivity index is 2.46. The summed E-state index contributed by atoms with van der Waals surface area (Å²) >= 11 is 0. The number of aromatic nitrogens is 2. The van der Waals surface area contributed by atoms with Crippen molar-refractivity contribution in [1.82, 2.24) is 9.97 Å². The molecule has 0 aliphatic heterocycles. The monoisotopic (exact) mass is 196 g/mol. The van der Waals surface area contributed by atoms with Crippen LogP contribution in [0.1, 0.15) is 26.7 Å². The summed E-state index contributed by atoms with van der Waals surface area (Å²) in [6.07, 6.45) is 5.24. The standard InChI is InChI=1S/C10H16N2O2/c1-3-4-8(2)7-14-10-9(13)11-5-6-12-10/h5-6,8H,3-4,7H2,1-2H3,(H,11,13). The van der Waals surface area contributed by atoms with Gasteiger partial charge >= 0.3 is 5.56 Å². The molecule has 0 aromatic carbocycles. The first-order chi connectivity index (χ1) is 6.74. The topological polar surface area (TPSA) is 55.0 Å². The van der Waals surface area contributed by atoms with Gasteiger partial charge < -0.3 is 9.72 Å². The van der Waals surface area contributed by atoms with Gasteiger partial charge in [0.1, 0.15) is 0 Å². The summed E-state index contributed by atoms with van der Waals surface area (Å²) in [4.78, 5) is 17.5. The van der Waals surface area contributed by atoms with Crippen LogP contribution in [0.15, 0.2) is 17.2 Å². The molecule has 1 atom stereocenters. The lowest BCUT2D eigenvalue weighted by atomic mass is 10.1. The van der Waals surface area contributed by atoms with Crippen molar-refractivity contribution < 1.29 is 4.74 Å². The number of nitrogens with zero attached hydrogens (tertiary/aromatic N) is 1. The minimum atomic E-state index is -0.267. The van der Waals surface area contributed by atoms with E-state index in [0.29, 0.717) is 12.5 Å². The third-order valence-corrected chi connectivity index (χ3v) is 1.96. The van der Waals surface area contributed by atoms with Crippen molar-refractivity contribution in [2.75, 3.05) is 6.61 Å². The van der Waals surface area contributed by atoms with E-state index in [9.17, 15) is 4.79 Å². The molecule has 78 valence electrons. The Bertz CT molecular complexity index is 322. The summed E-state index contributed by atoms with van der Waals surface area (Å²) < 4.78 is 5.30. The van der Waals surface area contributed by atoms with Crippen molar-refractivity contribution in [3.63, 3.8) is 0 Å². The van der Waals surface area contributed by atoms with Crippen molar-refractivity contribution in [2.24, 2.45) is 5.92 Å². The maximum atomic E-state index is 11.1. The van der Waals surface area contributed by atoms with Crippen LogP contribution in [0, 0.1) is 5.92 Å². The zero-order valence-corrected chi connectivity index (χ0v) is 8.62. The van der Waals surface area contributed by atoms with Crippen LogP contribution in [0.3, 0.4) is 0 Å². The molecule has 1 unspecified atom stereocenters. The molecule has 0 saturated heterocycles. The van der Waals surface area contributed by atoms with Gasteiger partial charge in [-0.2, -0.15) is 0 Å². The minimum Gasteiger partial charge on any atom is -0.473 e. The van der Waals surface area contributed by atoms with E-state index in [1.54, 1.807) is 0 Å². The van der Waals surface area contributed by atoms with Gasteiger partial charge in [0.2, 0.25) is 0 Å². The predicted molar refractivity (Wildman–Crippen MR) is 54.4 cm³/mol. The smallest absolute Gasteiger partial charge is 0.310 e. The van der Waals surface area contributed by atoms with Crippen LogP contribution in [0.5, 0.6) is 5.88 Å². The number of aromatic amines is 1. The van der Waals surface area contributed by atoms with E-state index in [1.165, 1.54) is 12.4 Å². The Labute approximate surface area is 83.3 Å². The fraction of sp³-hybridized carbons (Fsp3) is 0.600. The van der Waals surface area contributed by atoms with Crippen LogP contribution in [-0.2, 0) is 0 Å². The number of hydrogen-bond donors (Lipinski definition) is 1. The largest absolute Gasteiger partial charge is 0.473 e. The Morgan fingerprint density at radius 2 is 2.43 bits per heavy atom. The lowest BCUT2D eigenvalue weighted by Crippen LogP contribution is -2.16. The second-order valence-electron chi connectivity index (χ2n) is 3.43. The molecule has 0 fully saturated rings. The van der Waals surface area contributed by atoms with Gasteiger partial charge in [-0.1, -0.05) is 20.3 Å². The summed E-state index contributed by atoms with van der Waals surface area (Å²) in [6.45, 7) is 4.78. The first-order valence-electron chi connectivity index (χ1n) is 4.90. The molecule has 0 saturated carbocycles. The van der Waals surface area contributed by atoms with Gasteiger partial charge in [-0.3, -0.25) is 4.79 Å². The van der Waals surface area contributed by atoms with E-state index in [0.717, 1.165) is 12.8 Å². The van der Waals surface area contributed by atoms with E-state index >= 15 is 0 Å². The van der Waals surface area contributed by atoms with Gasteiger partial charge in [0, 0.05) is 12.4 Å². The first-order valence-corrected chi connectivity index (χ1v) is 4.90. The quantitative estimate of drug-likeness (QED) is 0.778. The molecule has 0 aliphatic rings. The molecule has 0 amide bonds. The lowest BCUT2D eigenvalue weighted by molar-refractivity contribution is 0.239. The van der Waals surface area contributed by atoms with Crippen LogP contribution >= 0.6 is 0 Å². The van der Waals surface area contributed by atoms with Crippen LogP contribution in [0.4, 0.5) is 0 Å². The SMILES string of the molecule is CCCC(C)COc1ncc[nH]c1=O. The van der Waals surface area contributed by atoms with E-state index in [-0.39, 0.29) is 11.4 Å². The van der Waals surface area contributed by atoms with Gasteiger partial charge in [-0.25, -0.2) is 4.98 Å². The molecule has 1 rings (SSSR count). The highest BCUT2D eigenvalue weighted by Crippen LogP contribution is 2.06. The van der Waals surface area contributed by atoms with E-state index < -0.39 is 0 Å². The van der Waals surface area contributed by atoms with Crippen molar-refractivity contribution in [2.45, 2.75) is 26.7 Å². The molecule has 4 heteroatoms. The zero-order chi connectivity index (χ0) is 10.4. The summed E-state index contributed by atoms with van der Waals surface area (Å²) in [5.41, 5.74) is -0.267. The molecule has 1 heterocycles. The van der Waals surface area contributed by atoms with Gasteiger partial charge in [-0.15, -0.1) is 0 Å². The third kappa shape index (κ3) is 3.20. The van der Waals surface area contributed by atoms with Crippen molar-refractivity contribution in [1.29, 1.82) is 0 Å². The second-order valence-corrected chi connectivity index (χ2v) is 3.43. The highest BCUT2D eigenvalue weighted by atomic mass is 16.5. The summed E-state index contributed by atoms with van der Waals surface area (Å²) in [5, 5.41) is 0. The average Bonchev–Trinajstić information content (AvgIpc) is 2.17. The lowest BCUT2D eigenvalue weighted by Gasteiger charge is -2.09. The fourth-order valence-electron chi connectivity index (χ4n) is 1.24. The average molecular weight is 196 g/mol. The summed E-state index contributed by atoms with van der Waals surface area (Å²) in [7, 11) is 0. The Morgan fingerprint density at radius 1 is 1.64 bits per heavy atom. The molecule has 4 nitrogen and oxygen atoms in total. The molecule has 0 spiro atoms. The van der Waals surface area contributed by atoms with E-state index in [4.69, 9.17) is 4.74 Å². The van der Waals surface area contributed by atoms with Crippen LogP contribution in [0.25, 0.3) is 0 Å². The van der Waals surface area contributed by atoms with Crippen molar-refractivity contribution in [3.8, 4) is 5.88 Å². The van der Waals surface area contributed by atoms with E-state index in [2.05, 4.69) is 23.8 Å². The number of hydrogen-bond acceptors (Lipinski definition) is 3. The van der Waals surface area contributed by atoms with Crippen LogP contribution < -0.4 is 10.3 Å². The molecule has 14 heavy (non-hydrogen) atoms. The number of rotatable bonds is 5. The minimum absolute atomic E-state index is 0.162. The molecular formula is C10H16N2O2. The van der Waals surface area contributed by atoms with Gasteiger partial charge in [0.25, 0.3) is 5.88 Å². The Morgan fingerprint density at radius 3 is 3.07 bits per heavy atom. The summed E-state index contributed by atoms with van der Waals surface area (Å²) in [5.74, 6) is 0.622. The zero-order valence-electron chi connectivity index (χ0n) is 8.62. The fourth-order valence-corrected chi connectivity index (χ4v) is 1.24. The van der Waals surface area contributed by atoms with Crippen molar-refractivity contribution in [3.05, 3.63) is 22.7 Å². The maximum absolute atomic E-state index is 11.1. The molecular weight excluding hydrogens is 180 g/mol. The van der Waals surface area contributed by atoms with Gasteiger partial charge in [-0.05, 0) is 12.3 Å². The molecule has 1 aromatic heterocycles. The van der Waals surface area contributed by atoms with Crippen LogP contribution in [0.2, 0.25) is 0 Å². The van der Waals surface area contributed by atoms with Gasteiger partial charge in [0.05, 0.1) is 6.61 Å². The molecule has 1 N–H and O–H groups in total. The third-order valence-electron chi connectivity index (χ3n) is 1.96. The number of H-pyrrole nitrogens is 1. The van der Waals surface area contributed by atoms with Crippen molar-refractivity contribution >= 4 is 0 Å². The second kappa shape index (κ2) is 5.42. The Kier molecular flexibility index (Phi) is 4.16. The van der Waals surface area contributed by atoms with Crippen LogP contribution in [-0.4, -0.2) is 16.6 Å². The highest BCUT2D eigenvalue weighted by Gasteiger charge is 2.04.